The molecule has 3 aliphatic carbocycles. The van der Waals surface area contributed by atoms with Gasteiger partial charge in [0.2, 0.25) is 0 Å². The molecule has 5 rings (SSSR count). The average Bonchev–Trinajstić information content (AvgIpc) is 3.24. The van der Waals surface area contributed by atoms with Crippen molar-refractivity contribution in [2.75, 3.05) is 7.11 Å². The van der Waals surface area contributed by atoms with E-state index in [1.807, 2.05) is 0 Å². The zero-order valence-electron chi connectivity index (χ0n) is 13.8. The highest BCUT2D eigenvalue weighted by atomic mass is 16.5. The van der Waals surface area contributed by atoms with Gasteiger partial charge in [-0.05, 0) is 54.4 Å². The Kier molecular flexibility index (Phi) is 2.77. The molecule has 1 aliphatic heterocycles. The second-order valence-electron chi connectivity index (χ2n) is 7.40. The van der Waals surface area contributed by atoms with Gasteiger partial charge in [-0.15, -0.1) is 0 Å². The number of allylic oxidation sites excluding steroid dienone is 2. The molecule has 1 aromatic rings. The smallest absolute Gasteiger partial charge is 0.270 e. The Morgan fingerprint density at radius 3 is 2.12 bits per heavy atom. The lowest BCUT2D eigenvalue weighted by Crippen LogP contribution is -2.47. The lowest BCUT2D eigenvalue weighted by atomic mass is 9.85. The molecule has 2 bridgehead atoms. The quantitative estimate of drug-likeness (QED) is 0.670. The fourth-order valence-electron chi connectivity index (χ4n) is 5.10. The Bertz CT molecular complexity index is 790. The van der Waals surface area contributed by atoms with Gasteiger partial charge in [0.25, 0.3) is 17.7 Å². The zero-order chi connectivity index (χ0) is 17.3. The number of methoxy groups -OCH3 is 1. The SMILES string of the molecule is COc1ccc(C(=O)NN2C(=O)[C@@H]3[C@H](C2=O)[C@@H]2C=C[C@H]3C23CC3)cc1. The van der Waals surface area contributed by atoms with Crippen molar-refractivity contribution in [3.8, 4) is 5.75 Å². The van der Waals surface area contributed by atoms with Crippen molar-refractivity contribution in [3.05, 3.63) is 42.0 Å². The average molecular weight is 338 g/mol. The monoisotopic (exact) mass is 338 g/mol. The maximum Gasteiger partial charge on any atom is 0.270 e. The number of fused-ring (bicyclic) bond motifs is 3. The van der Waals surface area contributed by atoms with Gasteiger partial charge in [0, 0.05) is 5.56 Å². The number of hydrogen-bond donors (Lipinski definition) is 1. The summed E-state index contributed by atoms with van der Waals surface area (Å²) in [5, 5.41) is 0.949. The summed E-state index contributed by atoms with van der Waals surface area (Å²) in [6.07, 6.45) is 6.42. The Morgan fingerprint density at radius 1 is 1.08 bits per heavy atom. The minimum absolute atomic E-state index is 0.154. The normalized spacial score (nSPS) is 33.1. The summed E-state index contributed by atoms with van der Waals surface area (Å²) in [5.74, 6) is -0.659. The highest BCUT2D eigenvalue weighted by Crippen LogP contribution is 2.73. The zero-order valence-corrected chi connectivity index (χ0v) is 13.8. The first-order chi connectivity index (χ1) is 12.1. The summed E-state index contributed by atoms with van der Waals surface area (Å²) in [4.78, 5) is 38.0. The van der Waals surface area contributed by atoms with E-state index in [0.29, 0.717) is 11.3 Å². The van der Waals surface area contributed by atoms with Gasteiger partial charge in [-0.3, -0.25) is 19.8 Å². The van der Waals surface area contributed by atoms with Gasteiger partial charge in [0.15, 0.2) is 0 Å². The van der Waals surface area contributed by atoms with E-state index in [9.17, 15) is 14.4 Å². The van der Waals surface area contributed by atoms with Crippen LogP contribution in [0.3, 0.4) is 0 Å². The van der Waals surface area contributed by atoms with E-state index in [-0.39, 0.29) is 40.9 Å². The first kappa shape index (κ1) is 14.7. The number of hydrazine groups is 1. The molecule has 128 valence electrons. The van der Waals surface area contributed by atoms with E-state index in [1.165, 1.54) is 0 Å². The van der Waals surface area contributed by atoms with Crippen LogP contribution >= 0.6 is 0 Å². The Balaban J connectivity index is 1.37. The molecule has 0 unspecified atom stereocenters. The first-order valence-corrected chi connectivity index (χ1v) is 8.58. The number of hydrogen-bond acceptors (Lipinski definition) is 4. The van der Waals surface area contributed by atoms with E-state index in [4.69, 9.17) is 4.74 Å². The van der Waals surface area contributed by atoms with Crippen LogP contribution in [0, 0.1) is 29.1 Å². The highest BCUT2D eigenvalue weighted by Gasteiger charge is 2.73. The van der Waals surface area contributed by atoms with Crippen LogP contribution in [0.2, 0.25) is 0 Å². The summed E-state index contributed by atoms with van der Waals surface area (Å²) in [7, 11) is 1.55. The Hall–Kier alpha value is -2.63. The molecule has 1 N–H and O–H groups in total. The molecular weight excluding hydrogens is 320 g/mol. The standard InChI is InChI=1S/C19H18N2O4/c1-25-11-4-2-10(3-5-11)16(22)20-21-17(23)14-12-6-7-13(15(14)18(21)24)19(12)8-9-19/h2-7,12-15H,8-9H2,1H3,(H,20,22)/t12-,13+,14+,15-. The molecule has 6 heteroatoms. The molecule has 3 fully saturated rings. The molecule has 3 amide bonds. The van der Waals surface area contributed by atoms with Crippen molar-refractivity contribution in [3.63, 3.8) is 0 Å². The molecule has 4 atom stereocenters. The summed E-state index contributed by atoms with van der Waals surface area (Å²) in [6, 6.07) is 6.53. The van der Waals surface area contributed by atoms with Crippen LogP contribution in [0.25, 0.3) is 0 Å². The van der Waals surface area contributed by atoms with E-state index < -0.39 is 5.91 Å². The van der Waals surface area contributed by atoms with Gasteiger partial charge >= 0.3 is 0 Å². The van der Waals surface area contributed by atoms with Crippen LogP contribution < -0.4 is 10.2 Å². The number of nitrogens with one attached hydrogen (secondary N) is 1. The van der Waals surface area contributed by atoms with Gasteiger partial charge in [0.1, 0.15) is 5.75 Å². The molecule has 4 aliphatic rings. The largest absolute Gasteiger partial charge is 0.497 e. The summed E-state index contributed by atoms with van der Waals surface area (Å²) in [5.41, 5.74) is 3.04. The summed E-state index contributed by atoms with van der Waals surface area (Å²) in [6.45, 7) is 0. The summed E-state index contributed by atoms with van der Waals surface area (Å²) >= 11 is 0. The van der Waals surface area contributed by atoms with Crippen molar-refractivity contribution in [2.24, 2.45) is 29.1 Å². The lowest BCUT2D eigenvalue weighted by Gasteiger charge is -2.22. The molecule has 0 aromatic heterocycles. The number of imide groups is 1. The van der Waals surface area contributed by atoms with Crippen LogP contribution in [0.15, 0.2) is 36.4 Å². The van der Waals surface area contributed by atoms with Gasteiger partial charge in [-0.2, -0.15) is 5.01 Å². The van der Waals surface area contributed by atoms with Gasteiger partial charge in [-0.1, -0.05) is 12.2 Å². The van der Waals surface area contributed by atoms with Crippen molar-refractivity contribution < 1.29 is 19.1 Å². The number of nitrogens with zero attached hydrogens (tertiary/aromatic N) is 1. The van der Waals surface area contributed by atoms with Crippen molar-refractivity contribution in [1.29, 1.82) is 0 Å². The molecule has 25 heavy (non-hydrogen) atoms. The maximum atomic E-state index is 12.8. The van der Waals surface area contributed by atoms with Crippen LogP contribution in [0.4, 0.5) is 0 Å². The molecule has 1 spiro atoms. The Labute approximate surface area is 144 Å². The van der Waals surface area contributed by atoms with Gasteiger partial charge in [-0.25, -0.2) is 0 Å². The fraction of sp³-hybridized carbons (Fsp3) is 0.421. The summed E-state index contributed by atoms with van der Waals surface area (Å²) < 4.78 is 5.07. The molecule has 0 radical (unpaired) electrons. The molecular formula is C19H18N2O4. The van der Waals surface area contributed by atoms with Crippen LogP contribution in [-0.4, -0.2) is 29.8 Å². The van der Waals surface area contributed by atoms with Crippen LogP contribution in [0.5, 0.6) is 5.75 Å². The van der Waals surface area contributed by atoms with E-state index >= 15 is 0 Å². The lowest BCUT2D eigenvalue weighted by molar-refractivity contribution is -0.144. The topological polar surface area (TPSA) is 75.7 Å². The number of carbonyl (C=O) groups is 3. The fourth-order valence-corrected chi connectivity index (χ4v) is 5.10. The van der Waals surface area contributed by atoms with Crippen molar-refractivity contribution >= 4 is 17.7 Å². The number of rotatable bonds is 3. The minimum atomic E-state index is -0.467. The Morgan fingerprint density at radius 2 is 1.64 bits per heavy atom. The third-order valence-electron chi connectivity index (χ3n) is 6.42. The number of carbonyl (C=O) groups excluding carboxylic acids is 3. The third kappa shape index (κ3) is 1.77. The molecule has 1 aromatic carbocycles. The van der Waals surface area contributed by atoms with E-state index in [1.54, 1.807) is 31.4 Å². The predicted molar refractivity (Wildman–Crippen MR) is 87.1 cm³/mol. The van der Waals surface area contributed by atoms with Gasteiger partial charge < -0.3 is 4.74 Å². The van der Waals surface area contributed by atoms with Gasteiger partial charge in [0.05, 0.1) is 18.9 Å². The van der Waals surface area contributed by atoms with E-state index in [0.717, 1.165) is 17.9 Å². The first-order valence-electron chi connectivity index (χ1n) is 8.58. The molecule has 2 saturated carbocycles. The van der Waals surface area contributed by atoms with Crippen LogP contribution in [-0.2, 0) is 9.59 Å². The number of amides is 3. The number of benzene rings is 1. The highest BCUT2D eigenvalue weighted by molar-refractivity contribution is 6.09. The van der Waals surface area contributed by atoms with Crippen LogP contribution in [0.1, 0.15) is 23.2 Å². The second-order valence-corrected chi connectivity index (χ2v) is 7.40. The minimum Gasteiger partial charge on any atom is -0.497 e. The third-order valence-corrected chi connectivity index (χ3v) is 6.42. The maximum absolute atomic E-state index is 12.8. The molecule has 1 saturated heterocycles. The number of ether oxygens (including phenoxy) is 1. The molecule has 1 heterocycles. The molecule has 6 nitrogen and oxygen atoms in total. The van der Waals surface area contributed by atoms with Crippen molar-refractivity contribution in [1.82, 2.24) is 10.4 Å². The van der Waals surface area contributed by atoms with Crippen molar-refractivity contribution in [2.45, 2.75) is 12.8 Å². The van der Waals surface area contributed by atoms with E-state index in [2.05, 4.69) is 17.6 Å². The predicted octanol–water partition coefficient (Wildman–Crippen LogP) is 1.54. The second kappa shape index (κ2) is 4.71.